The second-order valence-corrected chi connectivity index (χ2v) is 2.14. The van der Waals surface area contributed by atoms with Crippen molar-refractivity contribution in [3.05, 3.63) is 0 Å². The molecule has 0 bridgehead atoms. The molecule has 0 aromatic heterocycles. The first-order valence-corrected chi connectivity index (χ1v) is 3.53. The Morgan fingerprint density at radius 3 is 2.00 bits per heavy atom. The molecule has 0 amide bonds. The van der Waals surface area contributed by atoms with Crippen LogP contribution in [0.2, 0.25) is 5.32 Å². The van der Waals surface area contributed by atoms with Crippen molar-refractivity contribution >= 4 is 31.9 Å². The second kappa shape index (κ2) is 4.00. The van der Waals surface area contributed by atoms with Gasteiger partial charge in [-0.1, -0.05) is 0 Å². The summed E-state index contributed by atoms with van der Waals surface area (Å²) >= 11 is 5.72. The van der Waals surface area contributed by atoms with Gasteiger partial charge in [0.2, 0.25) is 0 Å². The van der Waals surface area contributed by atoms with E-state index < -0.39 is 0 Å². The van der Waals surface area contributed by atoms with Gasteiger partial charge in [-0.25, -0.2) is 0 Å². The Bertz CT molecular complexity index is 8.00. The fraction of sp³-hybridized carbons (Fsp3) is 1.00. The molecule has 0 nitrogen and oxygen atoms in total. The van der Waals surface area contributed by atoms with Crippen LogP contribution in [-0.4, -0.2) is 21.3 Å². The van der Waals surface area contributed by atoms with Gasteiger partial charge in [-0.2, -0.15) is 0 Å². The molecule has 0 aromatic rings. The summed E-state index contributed by atoms with van der Waals surface area (Å²) in [5.41, 5.74) is 0. The summed E-state index contributed by atoms with van der Waals surface area (Å²) in [5.74, 6) is 0. The molecule has 0 aliphatic heterocycles. The van der Waals surface area contributed by atoms with Gasteiger partial charge < -0.3 is 0 Å². The Morgan fingerprint density at radius 2 is 2.00 bits per heavy atom. The van der Waals surface area contributed by atoms with E-state index in [1.54, 1.807) is 0 Å². The number of hydrogen-bond acceptors (Lipinski definition) is 0. The molecular weight excluding hydrogens is 183 g/mol. The normalized spacial score (nSPS) is 7.50. The summed E-state index contributed by atoms with van der Waals surface area (Å²) in [5, 5.41) is 2.28. The molecule has 0 heterocycles. The van der Waals surface area contributed by atoms with Crippen molar-refractivity contribution in [2.24, 2.45) is 0 Å². The number of rotatable bonds is 1. The van der Waals surface area contributed by atoms with E-state index in [4.69, 9.17) is 0 Å². The van der Waals surface area contributed by atoms with Crippen LogP contribution < -0.4 is 0 Å². The fourth-order valence-electron chi connectivity index (χ4n) is 0. The number of hydrogen-bond donors (Lipinski definition) is 0. The monoisotopic (exact) mass is 188 g/mol. The Labute approximate surface area is 42.9 Å². The van der Waals surface area contributed by atoms with Gasteiger partial charge in [-0.3, -0.25) is 0 Å². The van der Waals surface area contributed by atoms with Crippen LogP contribution in [0.25, 0.3) is 0 Å². The Morgan fingerprint density at radius 1 is 1.75 bits per heavy atom. The average Bonchev–Trinajstić information content (AvgIpc) is 1.37. The molecule has 0 rings (SSSR count). The van der Waals surface area contributed by atoms with Crippen molar-refractivity contribution in [1.29, 1.82) is 0 Å². The van der Waals surface area contributed by atoms with E-state index in [9.17, 15) is 0 Å². The van der Waals surface area contributed by atoms with Gasteiger partial charge in [0.05, 0.1) is 0 Å². The summed E-state index contributed by atoms with van der Waals surface area (Å²) in [6.07, 6.45) is 0. The van der Waals surface area contributed by atoms with Gasteiger partial charge in [0, 0.05) is 0 Å². The molecule has 0 N–H and O–H groups in total. The van der Waals surface area contributed by atoms with Crippen molar-refractivity contribution in [3.8, 4) is 0 Å². The molecule has 0 radical (unpaired) electrons. The minimum atomic E-state index is 1.10. The van der Waals surface area contributed by atoms with Crippen LogP contribution in [0, 0.1) is 0 Å². The van der Waals surface area contributed by atoms with E-state index >= 15 is 0 Å². The summed E-state index contributed by atoms with van der Waals surface area (Å²) < 4.78 is 0. The van der Waals surface area contributed by atoms with Crippen molar-refractivity contribution in [1.82, 2.24) is 0 Å². The Kier molecular flexibility index (Phi) is 5.00. The molecular formula is C2H5BrSe. The molecule has 0 aliphatic carbocycles. The predicted octanol–water partition coefficient (Wildman–Crippen LogP) is 0.700. The van der Waals surface area contributed by atoms with Gasteiger partial charge >= 0.3 is 42.6 Å². The fourth-order valence-corrected chi connectivity index (χ4v) is 0. The van der Waals surface area contributed by atoms with Crippen LogP contribution in [0.5, 0.6) is 0 Å². The molecule has 0 saturated carbocycles. The topological polar surface area (TPSA) is 0 Å². The van der Waals surface area contributed by atoms with E-state index in [1.807, 2.05) is 0 Å². The molecule has 0 aliphatic rings. The van der Waals surface area contributed by atoms with Crippen LogP contribution in [0.3, 0.4) is 0 Å². The molecule has 2 heteroatoms. The summed E-state index contributed by atoms with van der Waals surface area (Å²) in [4.78, 5) is 0. The first-order chi connectivity index (χ1) is 1.91. The van der Waals surface area contributed by atoms with Crippen LogP contribution in [0.4, 0.5) is 0 Å². The van der Waals surface area contributed by atoms with Crippen LogP contribution in [0.1, 0.15) is 0 Å². The minimum absolute atomic E-state index is 1.10. The second-order valence-electron chi connectivity index (χ2n) is 0.413. The molecule has 0 spiro atoms. The van der Waals surface area contributed by atoms with Gasteiger partial charge in [0.1, 0.15) is 0 Å². The van der Waals surface area contributed by atoms with Crippen molar-refractivity contribution in [2.75, 3.05) is 5.33 Å². The van der Waals surface area contributed by atoms with Gasteiger partial charge in [0.25, 0.3) is 0 Å². The predicted molar refractivity (Wildman–Crippen MR) is 25.7 cm³/mol. The van der Waals surface area contributed by atoms with Crippen molar-refractivity contribution in [2.45, 2.75) is 5.32 Å². The zero-order valence-corrected chi connectivity index (χ0v) is 5.70. The third kappa shape index (κ3) is 3.00. The molecule has 0 saturated heterocycles. The SMILES string of the molecule is [SeH]CCBr. The van der Waals surface area contributed by atoms with Gasteiger partial charge in [-0.15, -0.1) is 0 Å². The van der Waals surface area contributed by atoms with Crippen LogP contribution in [-0.2, 0) is 0 Å². The maximum atomic E-state index is 3.23. The first-order valence-electron chi connectivity index (χ1n) is 1.08. The summed E-state index contributed by atoms with van der Waals surface area (Å²) in [6, 6.07) is 0. The number of halogens is 1. The summed E-state index contributed by atoms with van der Waals surface area (Å²) in [6.45, 7) is 0. The Balaban J connectivity index is 1.97. The quantitative estimate of drug-likeness (QED) is 0.419. The Hall–Kier alpha value is 0.999. The third-order valence-corrected chi connectivity index (χ3v) is 2.28. The van der Waals surface area contributed by atoms with Gasteiger partial charge in [-0.05, 0) is 0 Å². The molecule has 4 heavy (non-hydrogen) atoms. The number of alkyl halides is 1. The first kappa shape index (κ1) is 5.00. The standard InChI is InChI=1S/C2H5BrSe/c3-1-2-4/h4H,1-2H2. The molecule has 0 fully saturated rings. The van der Waals surface area contributed by atoms with E-state index in [-0.39, 0.29) is 0 Å². The van der Waals surface area contributed by atoms with Crippen LogP contribution >= 0.6 is 15.9 Å². The van der Waals surface area contributed by atoms with Crippen molar-refractivity contribution < 1.29 is 0 Å². The molecule has 26 valence electrons. The summed E-state index contributed by atoms with van der Waals surface area (Å²) in [7, 11) is 0. The van der Waals surface area contributed by atoms with Crippen molar-refractivity contribution in [3.63, 3.8) is 0 Å². The zero-order chi connectivity index (χ0) is 3.41. The van der Waals surface area contributed by atoms with E-state index in [1.165, 1.54) is 5.32 Å². The third-order valence-electron chi connectivity index (χ3n) is 0.0845. The maximum absolute atomic E-state index is 3.23. The molecule has 0 atom stereocenters. The zero-order valence-electron chi connectivity index (χ0n) is 2.24. The molecule has 0 aromatic carbocycles. The average molecular weight is 188 g/mol. The van der Waals surface area contributed by atoms with Crippen LogP contribution in [0.15, 0.2) is 0 Å². The van der Waals surface area contributed by atoms with Gasteiger partial charge in [0.15, 0.2) is 0 Å². The van der Waals surface area contributed by atoms with E-state index in [0.717, 1.165) is 5.33 Å². The van der Waals surface area contributed by atoms with E-state index in [2.05, 4.69) is 31.9 Å². The van der Waals surface area contributed by atoms with E-state index in [0.29, 0.717) is 0 Å². The molecule has 0 unspecified atom stereocenters.